The minimum Gasteiger partial charge on any atom is -0.469 e. The number of carbonyl (C=O) groups excluding carboxylic acids is 1. The average molecular weight is 369 g/mol. The van der Waals surface area contributed by atoms with Gasteiger partial charge in [-0.1, -0.05) is 36.0 Å². The number of carbonyl (C=O) groups is 1. The Morgan fingerprint density at radius 1 is 1.31 bits per heavy atom. The van der Waals surface area contributed by atoms with Crippen LogP contribution in [-0.2, 0) is 11.2 Å². The van der Waals surface area contributed by atoms with Gasteiger partial charge in [0.15, 0.2) is 0 Å². The number of thioether (sulfide) groups is 1. The third-order valence-corrected chi connectivity index (χ3v) is 5.35. The molecule has 3 aromatic rings. The lowest BCUT2D eigenvalue weighted by atomic mass is 9.88. The van der Waals surface area contributed by atoms with Crippen molar-refractivity contribution >= 4 is 17.7 Å². The molecule has 26 heavy (non-hydrogen) atoms. The molecule has 1 amide bonds. The quantitative estimate of drug-likeness (QED) is 0.687. The van der Waals surface area contributed by atoms with Crippen LogP contribution in [0.5, 0.6) is 0 Å². The van der Waals surface area contributed by atoms with Gasteiger partial charge < -0.3 is 14.2 Å². The van der Waals surface area contributed by atoms with Crippen LogP contribution in [0.3, 0.4) is 0 Å². The van der Waals surface area contributed by atoms with Crippen LogP contribution >= 0.6 is 11.8 Å². The van der Waals surface area contributed by atoms with Crippen LogP contribution in [0, 0.1) is 6.92 Å². The van der Waals surface area contributed by atoms with Crippen LogP contribution in [-0.4, -0.2) is 21.9 Å². The average Bonchev–Trinajstić information content (AvgIpc) is 3.29. The van der Waals surface area contributed by atoms with Crippen molar-refractivity contribution in [3.05, 3.63) is 53.5 Å². The van der Waals surface area contributed by atoms with E-state index in [9.17, 15) is 4.79 Å². The number of furan rings is 1. The number of nitrogens with one attached hydrogen (secondary N) is 1. The van der Waals surface area contributed by atoms with Gasteiger partial charge in [0.25, 0.3) is 11.1 Å². The molecule has 6 nitrogen and oxygen atoms in total. The van der Waals surface area contributed by atoms with Crippen molar-refractivity contribution in [1.29, 1.82) is 0 Å². The number of nitrogens with zero attached hydrogens (tertiary/aromatic N) is 2. The molecule has 1 aliphatic rings. The summed E-state index contributed by atoms with van der Waals surface area (Å²) in [6.07, 6.45) is 4.72. The summed E-state index contributed by atoms with van der Waals surface area (Å²) in [7, 11) is 0. The number of benzene rings is 1. The first kappa shape index (κ1) is 16.9. The van der Waals surface area contributed by atoms with E-state index in [2.05, 4.69) is 27.6 Å². The number of aromatic nitrogens is 2. The van der Waals surface area contributed by atoms with Crippen molar-refractivity contribution < 1.29 is 13.6 Å². The molecule has 2 heterocycles. The molecule has 4 rings (SSSR count). The predicted molar refractivity (Wildman–Crippen MR) is 97.7 cm³/mol. The maximum absolute atomic E-state index is 12.3. The lowest BCUT2D eigenvalue weighted by Crippen LogP contribution is -2.32. The molecule has 2 aromatic heterocycles. The first-order chi connectivity index (χ1) is 12.7. The summed E-state index contributed by atoms with van der Waals surface area (Å²) < 4.78 is 10.8. The third kappa shape index (κ3) is 3.53. The maximum Gasteiger partial charge on any atom is 0.277 e. The molecule has 134 valence electrons. The molecular formula is C19H19N3O3S. The Balaban J connectivity index is 1.35. The van der Waals surface area contributed by atoms with Gasteiger partial charge >= 0.3 is 0 Å². The summed E-state index contributed by atoms with van der Waals surface area (Å²) in [5.41, 5.74) is 3.33. The lowest BCUT2D eigenvalue weighted by Gasteiger charge is -2.26. The number of hydrogen-bond donors (Lipinski definition) is 1. The zero-order valence-electron chi connectivity index (χ0n) is 14.4. The normalized spacial score (nSPS) is 16.3. The molecule has 0 saturated carbocycles. The molecule has 1 N–H and O–H groups in total. The summed E-state index contributed by atoms with van der Waals surface area (Å²) >= 11 is 1.24. The number of rotatable bonds is 5. The largest absolute Gasteiger partial charge is 0.469 e. The summed E-state index contributed by atoms with van der Waals surface area (Å²) in [6, 6.07) is 10.2. The molecule has 0 bridgehead atoms. The molecule has 1 atom stereocenters. The van der Waals surface area contributed by atoms with Gasteiger partial charge in [0.1, 0.15) is 5.76 Å². The van der Waals surface area contributed by atoms with Gasteiger partial charge in [-0.25, -0.2) is 0 Å². The molecular weight excluding hydrogens is 350 g/mol. The minimum absolute atomic E-state index is 0.0315. The zero-order valence-corrected chi connectivity index (χ0v) is 15.2. The van der Waals surface area contributed by atoms with E-state index in [4.69, 9.17) is 8.83 Å². The third-order valence-electron chi connectivity index (χ3n) is 4.53. The molecule has 1 aliphatic carbocycles. The molecule has 0 aliphatic heterocycles. The standard InChI is InChI=1S/C19H19N3O3S/c1-12-14(9-10-24-12)18-21-22-19(25-18)26-11-17(23)20-16-8-4-6-13-5-2-3-7-15(13)16/h2-3,5,7,9-10,16H,4,6,8,11H2,1H3,(H,20,23). The van der Waals surface area contributed by atoms with Crippen LogP contribution in [0.2, 0.25) is 0 Å². The highest BCUT2D eigenvalue weighted by molar-refractivity contribution is 7.99. The smallest absolute Gasteiger partial charge is 0.277 e. The lowest BCUT2D eigenvalue weighted by molar-refractivity contribution is -0.119. The van der Waals surface area contributed by atoms with Crippen molar-refractivity contribution in [2.75, 3.05) is 5.75 Å². The van der Waals surface area contributed by atoms with E-state index >= 15 is 0 Å². The second kappa shape index (κ2) is 7.37. The second-order valence-corrected chi connectivity index (χ2v) is 7.19. The van der Waals surface area contributed by atoms with E-state index in [0.717, 1.165) is 30.6 Å². The highest BCUT2D eigenvalue weighted by Gasteiger charge is 2.22. The van der Waals surface area contributed by atoms with Crippen LogP contribution in [0.25, 0.3) is 11.5 Å². The minimum atomic E-state index is -0.0315. The van der Waals surface area contributed by atoms with E-state index in [1.165, 1.54) is 22.9 Å². The van der Waals surface area contributed by atoms with Crippen LogP contribution in [0.1, 0.15) is 35.8 Å². The molecule has 7 heteroatoms. The first-order valence-electron chi connectivity index (χ1n) is 8.58. The van der Waals surface area contributed by atoms with Crippen molar-refractivity contribution in [3.63, 3.8) is 0 Å². The fourth-order valence-electron chi connectivity index (χ4n) is 3.25. The fourth-order valence-corrected chi connectivity index (χ4v) is 3.83. The molecule has 1 aromatic carbocycles. The van der Waals surface area contributed by atoms with Gasteiger partial charge in [-0.3, -0.25) is 4.79 Å². The highest BCUT2D eigenvalue weighted by Crippen LogP contribution is 2.30. The Labute approximate surface area is 155 Å². The van der Waals surface area contributed by atoms with Gasteiger partial charge in [0.2, 0.25) is 5.91 Å². The van der Waals surface area contributed by atoms with Crippen LogP contribution in [0.15, 0.2) is 50.7 Å². The van der Waals surface area contributed by atoms with Crippen LogP contribution in [0.4, 0.5) is 0 Å². The van der Waals surface area contributed by atoms with Gasteiger partial charge in [-0.05, 0) is 43.4 Å². The summed E-state index contributed by atoms with van der Waals surface area (Å²) in [4.78, 5) is 12.3. The number of amides is 1. The Kier molecular flexibility index (Phi) is 4.79. The summed E-state index contributed by atoms with van der Waals surface area (Å²) in [5.74, 6) is 1.33. The van der Waals surface area contributed by atoms with Crippen molar-refractivity contribution in [2.45, 2.75) is 37.5 Å². The first-order valence-corrected chi connectivity index (χ1v) is 9.57. The van der Waals surface area contributed by atoms with E-state index in [0.29, 0.717) is 11.1 Å². The van der Waals surface area contributed by atoms with Crippen molar-refractivity contribution in [2.24, 2.45) is 0 Å². The van der Waals surface area contributed by atoms with E-state index in [1.54, 1.807) is 12.3 Å². The van der Waals surface area contributed by atoms with Gasteiger partial charge in [0.05, 0.1) is 23.6 Å². The van der Waals surface area contributed by atoms with E-state index in [-0.39, 0.29) is 17.7 Å². The molecule has 0 fully saturated rings. The topological polar surface area (TPSA) is 81.2 Å². The monoisotopic (exact) mass is 369 g/mol. The molecule has 0 spiro atoms. The number of hydrogen-bond acceptors (Lipinski definition) is 6. The van der Waals surface area contributed by atoms with Gasteiger partial charge in [0, 0.05) is 0 Å². The van der Waals surface area contributed by atoms with Gasteiger partial charge in [-0.2, -0.15) is 0 Å². The van der Waals surface area contributed by atoms with E-state index in [1.807, 2.05) is 19.1 Å². The number of fused-ring (bicyclic) bond motifs is 1. The molecule has 0 saturated heterocycles. The fraction of sp³-hybridized carbons (Fsp3) is 0.316. The Bertz CT molecular complexity index is 918. The summed E-state index contributed by atoms with van der Waals surface area (Å²) in [5, 5.41) is 11.5. The molecule has 0 radical (unpaired) electrons. The predicted octanol–water partition coefficient (Wildman–Crippen LogP) is 3.92. The SMILES string of the molecule is Cc1occc1-c1nnc(SCC(=O)NC2CCCc3ccccc32)o1. The Morgan fingerprint density at radius 2 is 2.19 bits per heavy atom. The van der Waals surface area contributed by atoms with Crippen LogP contribution < -0.4 is 5.32 Å². The van der Waals surface area contributed by atoms with E-state index < -0.39 is 0 Å². The summed E-state index contributed by atoms with van der Waals surface area (Å²) in [6.45, 7) is 1.84. The zero-order chi connectivity index (χ0) is 17.9. The van der Waals surface area contributed by atoms with Crippen molar-refractivity contribution in [3.8, 4) is 11.5 Å². The Morgan fingerprint density at radius 3 is 3.04 bits per heavy atom. The van der Waals surface area contributed by atoms with Gasteiger partial charge in [-0.15, -0.1) is 10.2 Å². The van der Waals surface area contributed by atoms with Crippen molar-refractivity contribution in [1.82, 2.24) is 15.5 Å². The molecule has 1 unspecified atom stereocenters. The maximum atomic E-state index is 12.3. The second-order valence-electron chi connectivity index (χ2n) is 6.26. The Hall–Kier alpha value is -2.54. The number of aryl methyl sites for hydroxylation is 2. The highest BCUT2D eigenvalue weighted by atomic mass is 32.2.